The van der Waals surface area contributed by atoms with Crippen LogP contribution in [0, 0.1) is 6.92 Å². The molecule has 0 saturated carbocycles. The highest BCUT2D eigenvalue weighted by atomic mass is 32.2. The molecule has 5 heteroatoms. The van der Waals surface area contributed by atoms with Crippen molar-refractivity contribution in [3.05, 3.63) is 84.6 Å². The molecule has 24 heavy (non-hydrogen) atoms. The minimum Gasteiger partial charge on any atom is -0.482 e. The van der Waals surface area contributed by atoms with Crippen LogP contribution in [0.1, 0.15) is 11.1 Å². The van der Waals surface area contributed by atoms with Gasteiger partial charge in [-0.25, -0.2) is 8.42 Å². The van der Waals surface area contributed by atoms with Crippen LogP contribution in [0.5, 0.6) is 0 Å². The summed E-state index contributed by atoms with van der Waals surface area (Å²) in [7, 11) is -3.63. The maximum absolute atomic E-state index is 12.9. The summed E-state index contributed by atoms with van der Waals surface area (Å²) in [5.41, 5.74) is 1.84. The van der Waals surface area contributed by atoms with Gasteiger partial charge in [0.15, 0.2) is 0 Å². The first kappa shape index (κ1) is 16.3. The Morgan fingerprint density at radius 1 is 1.12 bits per heavy atom. The lowest BCUT2D eigenvalue weighted by Gasteiger charge is -2.31. The molecular formula is C19H19NO3S. The average molecular weight is 341 g/mol. The maximum atomic E-state index is 12.9. The molecule has 0 saturated heterocycles. The number of sulfonamides is 1. The van der Waals surface area contributed by atoms with Crippen LogP contribution in [0.3, 0.4) is 0 Å². The molecule has 0 amide bonds. The molecule has 2 aromatic carbocycles. The van der Waals surface area contributed by atoms with E-state index in [1.54, 1.807) is 36.5 Å². The van der Waals surface area contributed by atoms with Crippen molar-refractivity contribution in [2.24, 2.45) is 0 Å². The van der Waals surface area contributed by atoms with Crippen molar-refractivity contribution in [1.82, 2.24) is 4.31 Å². The van der Waals surface area contributed by atoms with E-state index in [0.29, 0.717) is 5.76 Å². The monoisotopic (exact) mass is 341 g/mol. The highest BCUT2D eigenvalue weighted by Gasteiger charge is 2.29. The summed E-state index contributed by atoms with van der Waals surface area (Å²) in [5, 5.41) is 0. The molecule has 0 unspecified atom stereocenters. The average Bonchev–Trinajstić information content (AvgIpc) is 2.62. The molecule has 1 atom stereocenters. The van der Waals surface area contributed by atoms with Crippen molar-refractivity contribution in [3.8, 4) is 0 Å². The fourth-order valence-electron chi connectivity index (χ4n) is 2.47. The topological polar surface area (TPSA) is 46.6 Å². The van der Waals surface area contributed by atoms with E-state index in [9.17, 15) is 8.42 Å². The van der Waals surface area contributed by atoms with Gasteiger partial charge in [-0.15, -0.1) is 0 Å². The molecule has 0 aliphatic carbocycles. The van der Waals surface area contributed by atoms with Gasteiger partial charge in [0.25, 0.3) is 10.0 Å². The van der Waals surface area contributed by atoms with Crippen molar-refractivity contribution >= 4 is 15.8 Å². The van der Waals surface area contributed by atoms with Crippen LogP contribution in [0.25, 0.3) is 5.76 Å². The summed E-state index contributed by atoms with van der Waals surface area (Å²) < 4.78 is 33.0. The molecule has 0 aromatic heterocycles. The molecule has 124 valence electrons. The Kier molecular flexibility index (Phi) is 4.44. The molecule has 2 aromatic rings. The summed E-state index contributed by atoms with van der Waals surface area (Å²) in [4.78, 5) is 0.265. The Bertz CT molecular complexity index is 855. The maximum Gasteiger partial charge on any atom is 0.264 e. The van der Waals surface area contributed by atoms with Gasteiger partial charge in [0.1, 0.15) is 11.9 Å². The van der Waals surface area contributed by atoms with Crippen LogP contribution in [0.2, 0.25) is 0 Å². The molecule has 1 aliphatic rings. The summed E-state index contributed by atoms with van der Waals surface area (Å²) in [6, 6.07) is 16.3. The van der Waals surface area contributed by atoms with Crippen molar-refractivity contribution < 1.29 is 13.2 Å². The Morgan fingerprint density at radius 2 is 1.79 bits per heavy atom. The van der Waals surface area contributed by atoms with Gasteiger partial charge in [-0.1, -0.05) is 54.6 Å². The zero-order chi connectivity index (χ0) is 17.2. The first-order valence-corrected chi connectivity index (χ1v) is 9.09. The molecule has 3 rings (SSSR count). The lowest BCUT2D eigenvalue weighted by molar-refractivity contribution is 0.171. The molecule has 0 radical (unpaired) electrons. The predicted octanol–water partition coefficient (Wildman–Crippen LogP) is 3.57. The van der Waals surface area contributed by atoms with Crippen molar-refractivity contribution in [2.45, 2.75) is 17.9 Å². The van der Waals surface area contributed by atoms with Crippen LogP contribution in [0.15, 0.2) is 78.3 Å². The van der Waals surface area contributed by atoms with Gasteiger partial charge in [0.05, 0.1) is 17.6 Å². The first-order chi connectivity index (χ1) is 11.5. The third kappa shape index (κ3) is 3.21. The molecule has 1 aliphatic heterocycles. The van der Waals surface area contributed by atoms with Gasteiger partial charge in [0.2, 0.25) is 0 Å². The van der Waals surface area contributed by atoms with Gasteiger partial charge in [0, 0.05) is 5.56 Å². The van der Waals surface area contributed by atoms with Gasteiger partial charge in [-0.05, 0) is 25.1 Å². The van der Waals surface area contributed by atoms with E-state index < -0.39 is 16.1 Å². The van der Waals surface area contributed by atoms with Gasteiger partial charge in [-0.2, -0.15) is 0 Å². The number of rotatable bonds is 4. The molecular weight excluding hydrogens is 322 g/mol. The lowest BCUT2D eigenvalue weighted by Crippen LogP contribution is -2.37. The number of nitrogens with zero attached hydrogens (tertiary/aromatic N) is 1. The van der Waals surface area contributed by atoms with E-state index in [-0.39, 0.29) is 11.4 Å². The minimum absolute atomic E-state index is 0.204. The minimum atomic E-state index is -3.63. The van der Waals surface area contributed by atoms with Crippen molar-refractivity contribution in [3.63, 3.8) is 0 Å². The zero-order valence-electron chi connectivity index (χ0n) is 13.4. The predicted molar refractivity (Wildman–Crippen MR) is 94.6 cm³/mol. The third-order valence-electron chi connectivity index (χ3n) is 3.85. The second-order valence-corrected chi connectivity index (χ2v) is 7.53. The molecule has 4 nitrogen and oxygen atoms in total. The second-order valence-electron chi connectivity index (χ2n) is 5.64. The van der Waals surface area contributed by atoms with Gasteiger partial charge in [-0.3, -0.25) is 4.31 Å². The van der Waals surface area contributed by atoms with E-state index in [2.05, 4.69) is 6.58 Å². The lowest BCUT2D eigenvalue weighted by atomic mass is 10.2. The number of benzene rings is 2. The van der Waals surface area contributed by atoms with E-state index in [1.165, 1.54) is 4.31 Å². The summed E-state index contributed by atoms with van der Waals surface area (Å²) in [5.74, 6) is 0.516. The Morgan fingerprint density at radius 3 is 2.42 bits per heavy atom. The molecule has 0 spiro atoms. The molecule has 0 N–H and O–H groups in total. The molecule has 1 heterocycles. The van der Waals surface area contributed by atoms with Crippen molar-refractivity contribution in [1.29, 1.82) is 0 Å². The number of ether oxygens (including phenoxy) is 1. The zero-order valence-corrected chi connectivity index (χ0v) is 14.2. The van der Waals surface area contributed by atoms with E-state index in [4.69, 9.17) is 4.74 Å². The normalized spacial score (nSPS) is 17.8. The van der Waals surface area contributed by atoms with Crippen LogP contribution < -0.4 is 0 Å². The largest absolute Gasteiger partial charge is 0.482 e. The molecule has 0 fully saturated rings. The first-order valence-electron chi connectivity index (χ1n) is 7.65. The Hall–Kier alpha value is -2.53. The third-order valence-corrected chi connectivity index (χ3v) is 5.59. The highest BCUT2D eigenvalue weighted by molar-refractivity contribution is 7.89. The van der Waals surface area contributed by atoms with E-state index >= 15 is 0 Å². The van der Waals surface area contributed by atoms with Crippen LogP contribution in [-0.4, -0.2) is 25.4 Å². The number of hydrogen-bond acceptors (Lipinski definition) is 3. The van der Waals surface area contributed by atoms with Crippen molar-refractivity contribution in [2.75, 3.05) is 6.54 Å². The second kappa shape index (κ2) is 6.53. The highest BCUT2D eigenvalue weighted by Crippen LogP contribution is 2.27. The number of hydrogen-bond donors (Lipinski definition) is 0. The SMILES string of the molecule is C=C[C@H]1CN(S(=O)(=O)c2ccc(C)cc2)C=C(c2ccccc2)O1. The van der Waals surface area contributed by atoms with Gasteiger partial charge >= 0.3 is 0 Å². The summed E-state index contributed by atoms with van der Waals surface area (Å²) in [6.07, 6.45) is 2.77. The standard InChI is InChI=1S/C19H19NO3S/c1-3-17-13-20(14-19(23-17)16-7-5-4-6-8-16)24(21,22)18-11-9-15(2)10-12-18/h3-12,14,17H,1,13H2,2H3/t17-/m0/s1. The summed E-state index contributed by atoms with van der Waals surface area (Å²) in [6.45, 7) is 5.87. The van der Waals surface area contributed by atoms with Crippen LogP contribution in [-0.2, 0) is 14.8 Å². The van der Waals surface area contributed by atoms with E-state index in [1.807, 2.05) is 37.3 Å². The Balaban J connectivity index is 2.01. The quantitative estimate of drug-likeness (QED) is 0.799. The smallest absolute Gasteiger partial charge is 0.264 e. The molecule has 0 bridgehead atoms. The Labute approximate surface area is 142 Å². The van der Waals surface area contributed by atoms with E-state index in [0.717, 1.165) is 11.1 Å². The van der Waals surface area contributed by atoms with Crippen LogP contribution >= 0.6 is 0 Å². The number of aryl methyl sites for hydroxylation is 1. The van der Waals surface area contributed by atoms with Gasteiger partial charge < -0.3 is 4.74 Å². The summed E-state index contributed by atoms with van der Waals surface area (Å²) >= 11 is 0. The fourth-order valence-corrected chi connectivity index (χ4v) is 3.80. The van der Waals surface area contributed by atoms with Crippen LogP contribution in [0.4, 0.5) is 0 Å². The fraction of sp³-hybridized carbons (Fsp3) is 0.158.